The molecule has 2 aromatic heterocycles. The summed E-state index contributed by atoms with van der Waals surface area (Å²) in [6, 6.07) is 7.24. The van der Waals surface area contributed by atoms with E-state index >= 15 is 0 Å². The van der Waals surface area contributed by atoms with Gasteiger partial charge in [0.1, 0.15) is 0 Å². The first-order chi connectivity index (χ1) is 7.70. The van der Waals surface area contributed by atoms with Gasteiger partial charge in [-0.05, 0) is 24.3 Å². The maximum absolute atomic E-state index is 10.9. The Kier molecular flexibility index (Phi) is 2.59. The van der Waals surface area contributed by atoms with Crippen LogP contribution in [0.15, 0.2) is 42.4 Å². The molecular weight excluding hydrogens is 206 g/mol. The van der Waals surface area contributed by atoms with E-state index in [2.05, 4.69) is 9.97 Å². The fraction of sp³-hybridized carbons (Fsp3) is 0.0909. The van der Waals surface area contributed by atoms with Gasteiger partial charge in [-0.15, -0.1) is 0 Å². The highest BCUT2D eigenvalue weighted by molar-refractivity contribution is 5.77. The van der Waals surface area contributed by atoms with Gasteiger partial charge in [-0.25, -0.2) is 0 Å². The molecule has 2 heterocycles. The minimum absolute atomic E-state index is 0.116. The van der Waals surface area contributed by atoms with Crippen LogP contribution in [0.4, 0.5) is 0 Å². The van der Waals surface area contributed by atoms with Crippen LogP contribution in [0.2, 0.25) is 0 Å². The molecule has 0 saturated carbocycles. The molecule has 0 unspecified atom stereocenters. The van der Waals surface area contributed by atoms with E-state index in [0.29, 0.717) is 5.57 Å². The van der Waals surface area contributed by atoms with Crippen molar-refractivity contribution < 1.29 is 4.92 Å². The molecule has 0 amide bonds. The molecule has 0 radical (unpaired) electrons. The summed E-state index contributed by atoms with van der Waals surface area (Å²) in [5, 5.41) is 10.9. The average Bonchev–Trinajstić information content (AvgIpc) is 2.89. The predicted octanol–water partition coefficient (Wildman–Crippen LogP) is 2.40. The summed E-state index contributed by atoms with van der Waals surface area (Å²) in [7, 11) is 0. The van der Waals surface area contributed by atoms with E-state index in [1.54, 1.807) is 12.4 Å². The Bertz CT molecular complexity index is 473. The molecule has 0 bridgehead atoms. The summed E-state index contributed by atoms with van der Waals surface area (Å²) in [5.41, 5.74) is 2.17. The van der Waals surface area contributed by atoms with Crippen LogP contribution < -0.4 is 0 Å². The molecule has 0 fully saturated rings. The summed E-state index contributed by atoms with van der Waals surface area (Å²) in [6.45, 7) is 1.50. The van der Waals surface area contributed by atoms with Crippen molar-refractivity contribution in [3.8, 4) is 0 Å². The Morgan fingerprint density at radius 2 is 1.69 bits per heavy atom. The third-order valence-electron chi connectivity index (χ3n) is 2.37. The molecule has 0 aliphatic rings. The second-order valence-corrected chi connectivity index (χ2v) is 3.39. The second-order valence-electron chi connectivity index (χ2n) is 3.39. The Balaban J connectivity index is 2.60. The van der Waals surface area contributed by atoms with Crippen molar-refractivity contribution in [2.45, 2.75) is 6.92 Å². The predicted molar refractivity (Wildman–Crippen MR) is 60.3 cm³/mol. The average molecular weight is 217 g/mol. The van der Waals surface area contributed by atoms with Crippen LogP contribution in [-0.2, 0) is 0 Å². The zero-order valence-electron chi connectivity index (χ0n) is 8.73. The minimum Gasteiger partial charge on any atom is -0.361 e. The Labute approximate surface area is 92.0 Å². The molecule has 0 aromatic carbocycles. The maximum Gasteiger partial charge on any atom is 0.254 e. The maximum atomic E-state index is 10.9. The molecule has 5 heteroatoms. The zero-order chi connectivity index (χ0) is 11.5. The molecular formula is C11H11N3O2. The highest BCUT2D eigenvalue weighted by Crippen LogP contribution is 2.24. The molecule has 0 aliphatic carbocycles. The molecule has 0 atom stereocenters. The number of hydrogen-bond acceptors (Lipinski definition) is 2. The first-order valence-corrected chi connectivity index (χ1v) is 4.83. The van der Waals surface area contributed by atoms with Gasteiger partial charge in [0, 0.05) is 19.3 Å². The SMILES string of the molecule is CC(=C(c1ccc[nH]1)c1ccc[nH]1)[N+](=O)[O-]. The molecule has 2 aromatic rings. The number of aromatic amines is 2. The number of aromatic nitrogens is 2. The van der Waals surface area contributed by atoms with Crippen LogP contribution >= 0.6 is 0 Å². The van der Waals surface area contributed by atoms with Gasteiger partial charge in [-0.3, -0.25) is 10.1 Å². The van der Waals surface area contributed by atoms with E-state index in [9.17, 15) is 10.1 Å². The van der Waals surface area contributed by atoms with Gasteiger partial charge in [0.2, 0.25) is 0 Å². The topological polar surface area (TPSA) is 74.7 Å². The van der Waals surface area contributed by atoms with Crippen LogP contribution in [0.25, 0.3) is 5.57 Å². The van der Waals surface area contributed by atoms with Crippen LogP contribution in [0.1, 0.15) is 18.3 Å². The summed E-state index contributed by atoms with van der Waals surface area (Å²) in [6.07, 6.45) is 3.48. The molecule has 0 saturated heterocycles. The van der Waals surface area contributed by atoms with E-state index in [0.717, 1.165) is 11.4 Å². The van der Waals surface area contributed by atoms with E-state index < -0.39 is 0 Å². The fourth-order valence-electron chi connectivity index (χ4n) is 1.60. The van der Waals surface area contributed by atoms with Gasteiger partial charge in [-0.1, -0.05) is 0 Å². The highest BCUT2D eigenvalue weighted by atomic mass is 16.6. The van der Waals surface area contributed by atoms with Crippen molar-refractivity contribution in [1.29, 1.82) is 0 Å². The lowest BCUT2D eigenvalue weighted by atomic mass is 10.1. The van der Waals surface area contributed by atoms with E-state index in [1.807, 2.05) is 24.3 Å². The summed E-state index contributed by atoms with van der Waals surface area (Å²) >= 11 is 0. The van der Waals surface area contributed by atoms with E-state index in [-0.39, 0.29) is 10.6 Å². The first kappa shape index (κ1) is 10.2. The summed E-state index contributed by atoms with van der Waals surface area (Å²) < 4.78 is 0. The zero-order valence-corrected chi connectivity index (χ0v) is 8.73. The van der Waals surface area contributed by atoms with Crippen LogP contribution in [0.3, 0.4) is 0 Å². The number of nitrogens with zero attached hydrogens (tertiary/aromatic N) is 1. The van der Waals surface area contributed by atoms with Gasteiger partial charge in [0.05, 0.1) is 21.9 Å². The second kappa shape index (κ2) is 4.06. The van der Waals surface area contributed by atoms with Gasteiger partial charge >= 0.3 is 0 Å². The Morgan fingerprint density at radius 3 is 2.00 bits per heavy atom. The number of nitrogens with one attached hydrogen (secondary N) is 2. The first-order valence-electron chi connectivity index (χ1n) is 4.83. The lowest BCUT2D eigenvalue weighted by molar-refractivity contribution is -0.423. The van der Waals surface area contributed by atoms with E-state index in [1.165, 1.54) is 6.92 Å². The smallest absolute Gasteiger partial charge is 0.254 e. The number of H-pyrrole nitrogens is 2. The number of rotatable bonds is 3. The molecule has 5 nitrogen and oxygen atoms in total. The van der Waals surface area contributed by atoms with Crippen LogP contribution in [-0.4, -0.2) is 14.9 Å². The van der Waals surface area contributed by atoms with Gasteiger partial charge in [0.25, 0.3) is 5.70 Å². The van der Waals surface area contributed by atoms with Crippen molar-refractivity contribution >= 4 is 5.57 Å². The Morgan fingerprint density at radius 1 is 1.19 bits per heavy atom. The lowest BCUT2D eigenvalue weighted by Gasteiger charge is -2.03. The fourth-order valence-corrected chi connectivity index (χ4v) is 1.60. The van der Waals surface area contributed by atoms with Gasteiger partial charge in [0.15, 0.2) is 0 Å². The van der Waals surface area contributed by atoms with Crippen LogP contribution in [0, 0.1) is 10.1 Å². The van der Waals surface area contributed by atoms with Crippen molar-refractivity contribution in [3.05, 3.63) is 63.9 Å². The van der Waals surface area contributed by atoms with E-state index in [4.69, 9.17) is 0 Å². The number of allylic oxidation sites excluding steroid dienone is 1. The molecule has 0 aliphatic heterocycles. The normalized spacial score (nSPS) is 10.1. The largest absolute Gasteiger partial charge is 0.361 e. The summed E-state index contributed by atoms with van der Waals surface area (Å²) in [5.74, 6) is 0. The van der Waals surface area contributed by atoms with Crippen molar-refractivity contribution in [2.24, 2.45) is 0 Å². The third-order valence-corrected chi connectivity index (χ3v) is 2.37. The van der Waals surface area contributed by atoms with Crippen molar-refractivity contribution in [2.75, 3.05) is 0 Å². The number of nitro groups is 1. The Hall–Kier alpha value is -2.30. The monoisotopic (exact) mass is 217 g/mol. The molecule has 0 spiro atoms. The highest BCUT2D eigenvalue weighted by Gasteiger charge is 2.18. The standard InChI is InChI=1S/C11H11N3O2/c1-8(14(15)16)11(9-4-2-6-12-9)10-5-3-7-13-10/h2-7,12-13H,1H3. The molecule has 82 valence electrons. The number of hydrogen-bond donors (Lipinski definition) is 2. The quantitative estimate of drug-likeness (QED) is 0.611. The lowest BCUT2D eigenvalue weighted by Crippen LogP contribution is -2.01. The summed E-state index contributed by atoms with van der Waals surface area (Å²) in [4.78, 5) is 16.4. The minimum atomic E-state index is -0.378. The van der Waals surface area contributed by atoms with Crippen molar-refractivity contribution in [1.82, 2.24) is 9.97 Å². The van der Waals surface area contributed by atoms with Crippen LogP contribution in [0.5, 0.6) is 0 Å². The molecule has 2 rings (SSSR count). The third kappa shape index (κ3) is 1.75. The van der Waals surface area contributed by atoms with Gasteiger partial charge < -0.3 is 9.97 Å². The molecule has 16 heavy (non-hydrogen) atoms. The molecule has 2 N–H and O–H groups in total. The van der Waals surface area contributed by atoms with Crippen molar-refractivity contribution in [3.63, 3.8) is 0 Å². The van der Waals surface area contributed by atoms with Gasteiger partial charge in [-0.2, -0.15) is 0 Å².